The lowest BCUT2D eigenvalue weighted by Gasteiger charge is -2.07. The lowest BCUT2D eigenvalue weighted by Crippen LogP contribution is -2.14. The van der Waals surface area contributed by atoms with E-state index in [1.807, 2.05) is 25.1 Å². The zero-order valence-electron chi connectivity index (χ0n) is 11.9. The maximum Gasteiger partial charge on any atom is 0.267 e. The molecule has 1 amide bonds. The predicted molar refractivity (Wildman–Crippen MR) is 88.6 cm³/mol. The van der Waals surface area contributed by atoms with Crippen molar-refractivity contribution in [2.75, 3.05) is 10.6 Å². The van der Waals surface area contributed by atoms with Crippen molar-refractivity contribution in [2.45, 2.75) is 6.92 Å². The number of nitrogens with one attached hydrogen (secondary N) is 2. The van der Waals surface area contributed by atoms with Crippen LogP contribution in [0.15, 0.2) is 60.3 Å². The number of aryl methyl sites for hydroxylation is 1. The van der Waals surface area contributed by atoms with Crippen molar-refractivity contribution < 1.29 is 4.79 Å². The van der Waals surface area contributed by atoms with Crippen LogP contribution in [0.5, 0.6) is 0 Å². The normalized spacial score (nSPS) is 10.7. The van der Waals surface area contributed by atoms with Gasteiger partial charge in [-0.1, -0.05) is 35.9 Å². The van der Waals surface area contributed by atoms with E-state index in [0.717, 1.165) is 11.3 Å². The first-order valence-corrected chi connectivity index (χ1v) is 6.97. The predicted octanol–water partition coefficient (Wildman–Crippen LogP) is 4.11. The van der Waals surface area contributed by atoms with Crippen LogP contribution in [0, 0.1) is 18.3 Å². The minimum absolute atomic E-state index is 0.0248. The molecule has 2 aromatic rings. The summed E-state index contributed by atoms with van der Waals surface area (Å²) in [6.45, 7) is 1.91. The number of carbonyl (C=O) groups is 1. The first-order chi connectivity index (χ1) is 10.6. The molecule has 0 fully saturated rings. The number of carbonyl (C=O) groups excluding carboxylic acids is 1. The second-order valence-electron chi connectivity index (χ2n) is 4.59. The average Bonchev–Trinajstić information content (AvgIpc) is 2.52. The van der Waals surface area contributed by atoms with Crippen LogP contribution in [0.25, 0.3) is 0 Å². The molecule has 0 bridgehead atoms. The van der Waals surface area contributed by atoms with E-state index in [1.54, 1.807) is 36.4 Å². The number of anilines is 2. The van der Waals surface area contributed by atoms with Crippen LogP contribution < -0.4 is 10.6 Å². The van der Waals surface area contributed by atoms with Gasteiger partial charge in [-0.2, -0.15) is 5.26 Å². The van der Waals surface area contributed by atoms with E-state index in [0.29, 0.717) is 10.7 Å². The van der Waals surface area contributed by atoms with Crippen molar-refractivity contribution in [3.8, 4) is 6.07 Å². The molecule has 0 aliphatic rings. The van der Waals surface area contributed by atoms with Crippen LogP contribution in [-0.2, 0) is 4.79 Å². The van der Waals surface area contributed by atoms with Gasteiger partial charge in [-0.15, -0.1) is 0 Å². The summed E-state index contributed by atoms with van der Waals surface area (Å²) in [4.78, 5) is 12.0. The second-order valence-corrected chi connectivity index (χ2v) is 5.03. The second kappa shape index (κ2) is 7.30. The van der Waals surface area contributed by atoms with E-state index < -0.39 is 5.91 Å². The fraction of sp³-hybridized carbons (Fsp3) is 0.0588. The van der Waals surface area contributed by atoms with Gasteiger partial charge < -0.3 is 10.6 Å². The third-order valence-electron chi connectivity index (χ3n) is 2.97. The third-order valence-corrected chi connectivity index (χ3v) is 3.20. The molecule has 22 heavy (non-hydrogen) atoms. The number of hydrogen-bond acceptors (Lipinski definition) is 3. The number of amides is 1. The number of rotatable bonds is 4. The number of benzene rings is 2. The molecule has 0 heterocycles. The lowest BCUT2D eigenvalue weighted by atomic mass is 10.2. The molecule has 0 atom stereocenters. The van der Waals surface area contributed by atoms with Gasteiger partial charge in [-0.05, 0) is 36.8 Å². The maximum absolute atomic E-state index is 12.0. The highest BCUT2D eigenvalue weighted by molar-refractivity contribution is 6.30. The summed E-state index contributed by atoms with van der Waals surface area (Å²) in [5, 5.41) is 15.3. The molecule has 4 nitrogen and oxygen atoms in total. The largest absolute Gasteiger partial charge is 0.360 e. The summed E-state index contributed by atoms with van der Waals surface area (Å²) >= 11 is 5.93. The standard InChI is InChI=1S/C17H14ClN3O/c1-12-7-8-14(18)9-16(12)20-11-13(10-19)17(22)21-15-5-3-2-4-6-15/h2-9,11,20H,1H3,(H,21,22). The van der Waals surface area contributed by atoms with E-state index in [2.05, 4.69) is 10.6 Å². The van der Waals surface area contributed by atoms with Gasteiger partial charge >= 0.3 is 0 Å². The minimum Gasteiger partial charge on any atom is -0.360 e. The summed E-state index contributed by atoms with van der Waals surface area (Å²) < 4.78 is 0. The van der Waals surface area contributed by atoms with Crippen molar-refractivity contribution in [2.24, 2.45) is 0 Å². The van der Waals surface area contributed by atoms with E-state index in [9.17, 15) is 4.79 Å². The quantitative estimate of drug-likeness (QED) is 0.660. The Morgan fingerprint density at radius 2 is 1.95 bits per heavy atom. The number of para-hydroxylation sites is 1. The molecule has 0 saturated heterocycles. The number of hydrogen-bond donors (Lipinski definition) is 2. The molecule has 0 unspecified atom stereocenters. The van der Waals surface area contributed by atoms with Gasteiger partial charge in [-0.3, -0.25) is 4.79 Å². The smallest absolute Gasteiger partial charge is 0.267 e. The van der Waals surface area contributed by atoms with Crippen molar-refractivity contribution in [3.63, 3.8) is 0 Å². The Morgan fingerprint density at radius 3 is 2.64 bits per heavy atom. The molecular weight excluding hydrogens is 298 g/mol. The zero-order valence-corrected chi connectivity index (χ0v) is 12.7. The molecular formula is C17H14ClN3O. The highest BCUT2D eigenvalue weighted by Gasteiger charge is 2.09. The Hall–Kier alpha value is -2.77. The first-order valence-electron chi connectivity index (χ1n) is 6.59. The molecule has 110 valence electrons. The number of nitrogens with zero attached hydrogens (tertiary/aromatic N) is 1. The summed E-state index contributed by atoms with van der Waals surface area (Å²) in [6.07, 6.45) is 1.37. The van der Waals surface area contributed by atoms with E-state index >= 15 is 0 Å². The molecule has 5 heteroatoms. The molecule has 0 aliphatic carbocycles. The van der Waals surface area contributed by atoms with Crippen LogP contribution in [0.1, 0.15) is 5.56 Å². The van der Waals surface area contributed by atoms with Gasteiger partial charge in [0, 0.05) is 22.6 Å². The fourth-order valence-electron chi connectivity index (χ4n) is 1.77. The maximum atomic E-state index is 12.0. The van der Waals surface area contributed by atoms with Gasteiger partial charge in [0.25, 0.3) is 5.91 Å². The number of nitriles is 1. The Bertz CT molecular complexity index is 748. The van der Waals surface area contributed by atoms with E-state index in [-0.39, 0.29) is 5.57 Å². The summed E-state index contributed by atoms with van der Waals surface area (Å²) in [7, 11) is 0. The SMILES string of the molecule is Cc1ccc(Cl)cc1NC=C(C#N)C(=O)Nc1ccccc1. The highest BCUT2D eigenvalue weighted by Crippen LogP contribution is 2.20. The minimum atomic E-state index is -0.471. The molecule has 2 N–H and O–H groups in total. The van der Waals surface area contributed by atoms with Crippen LogP contribution in [0.3, 0.4) is 0 Å². The van der Waals surface area contributed by atoms with E-state index in [4.69, 9.17) is 16.9 Å². The number of halogens is 1. The molecule has 0 spiro atoms. The average molecular weight is 312 g/mol. The van der Waals surface area contributed by atoms with Gasteiger partial charge in [-0.25, -0.2) is 0 Å². The van der Waals surface area contributed by atoms with Gasteiger partial charge in [0.05, 0.1) is 0 Å². The van der Waals surface area contributed by atoms with Crippen molar-refractivity contribution in [1.29, 1.82) is 5.26 Å². The lowest BCUT2D eigenvalue weighted by molar-refractivity contribution is -0.112. The molecule has 0 aromatic heterocycles. The Labute approximate surface area is 134 Å². The molecule has 0 radical (unpaired) electrons. The summed E-state index contributed by atoms with van der Waals surface area (Å²) in [6, 6.07) is 16.2. The van der Waals surface area contributed by atoms with Crippen molar-refractivity contribution in [3.05, 3.63) is 70.9 Å². The first kappa shape index (κ1) is 15.6. The Balaban J connectivity index is 2.12. The molecule has 0 saturated carbocycles. The van der Waals surface area contributed by atoms with Crippen LogP contribution in [0.2, 0.25) is 5.02 Å². The Kier molecular flexibility index (Phi) is 5.18. The molecule has 2 aromatic carbocycles. The topological polar surface area (TPSA) is 64.9 Å². The van der Waals surface area contributed by atoms with Crippen molar-refractivity contribution >= 4 is 28.9 Å². The molecule has 0 aliphatic heterocycles. The Morgan fingerprint density at radius 1 is 1.23 bits per heavy atom. The summed E-state index contributed by atoms with van der Waals surface area (Å²) in [5.41, 5.74) is 2.31. The fourth-order valence-corrected chi connectivity index (χ4v) is 1.94. The monoisotopic (exact) mass is 311 g/mol. The van der Waals surface area contributed by atoms with Gasteiger partial charge in [0.2, 0.25) is 0 Å². The molecule has 2 rings (SSSR count). The third kappa shape index (κ3) is 4.11. The highest BCUT2D eigenvalue weighted by atomic mass is 35.5. The van der Waals surface area contributed by atoms with Crippen LogP contribution >= 0.6 is 11.6 Å². The summed E-state index contributed by atoms with van der Waals surface area (Å²) in [5.74, 6) is -0.471. The van der Waals surface area contributed by atoms with Gasteiger partial charge in [0.15, 0.2) is 0 Å². The van der Waals surface area contributed by atoms with Crippen LogP contribution in [-0.4, -0.2) is 5.91 Å². The zero-order chi connectivity index (χ0) is 15.9. The van der Waals surface area contributed by atoms with Crippen molar-refractivity contribution in [1.82, 2.24) is 0 Å². The van der Waals surface area contributed by atoms with Gasteiger partial charge in [0.1, 0.15) is 11.6 Å². The van der Waals surface area contributed by atoms with Crippen LogP contribution in [0.4, 0.5) is 11.4 Å². The van der Waals surface area contributed by atoms with E-state index in [1.165, 1.54) is 6.20 Å².